The standard InChI is InChI=1S/C11H15NO3/c1-8-6-9(13)11(7-8)2-4-12(5-3-11)10(14)15/h6H,2-5,7H2,1H3,(H,14,15). The normalized spacial score (nSPS) is 24.5. The third-order valence-corrected chi connectivity index (χ3v) is 3.51. The zero-order valence-electron chi connectivity index (χ0n) is 8.82. The lowest BCUT2D eigenvalue weighted by Gasteiger charge is -2.37. The molecule has 1 heterocycles. The first-order valence-corrected chi connectivity index (χ1v) is 5.23. The SMILES string of the molecule is CC1=CC(=O)C2(CCN(C(=O)O)CC2)C1. The second-order valence-electron chi connectivity index (χ2n) is 4.58. The topological polar surface area (TPSA) is 57.6 Å². The number of allylic oxidation sites excluding steroid dienone is 2. The van der Waals surface area contributed by atoms with Crippen LogP contribution in [-0.2, 0) is 4.79 Å². The van der Waals surface area contributed by atoms with Crippen LogP contribution in [-0.4, -0.2) is 35.0 Å². The monoisotopic (exact) mass is 209 g/mol. The number of carbonyl (C=O) groups excluding carboxylic acids is 1. The zero-order valence-corrected chi connectivity index (χ0v) is 8.82. The molecule has 2 rings (SSSR count). The van der Waals surface area contributed by atoms with E-state index in [0.29, 0.717) is 25.9 Å². The van der Waals surface area contributed by atoms with Gasteiger partial charge in [-0.25, -0.2) is 4.79 Å². The van der Waals surface area contributed by atoms with Crippen LogP contribution in [0.1, 0.15) is 26.2 Å². The molecule has 15 heavy (non-hydrogen) atoms. The lowest BCUT2D eigenvalue weighted by Crippen LogP contribution is -2.44. The molecule has 2 aliphatic rings. The summed E-state index contributed by atoms with van der Waals surface area (Å²) in [6, 6.07) is 0. The van der Waals surface area contributed by atoms with Crippen molar-refractivity contribution in [1.82, 2.24) is 4.90 Å². The minimum atomic E-state index is -0.875. The van der Waals surface area contributed by atoms with Crippen LogP contribution in [0.2, 0.25) is 0 Å². The first-order valence-electron chi connectivity index (χ1n) is 5.23. The van der Waals surface area contributed by atoms with Crippen molar-refractivity contribution in [2.24, 2.45) is 5.41 Å². The highest BCUT2D eigenvalue weighted by Gasteiger charge is 2.43. The Morgan fingerprint density at radius 2 is 2.07 bits per heavy atom. The molecule has 0 bridgehead atoms. The van der Waals surface area contributed by atoms with Gasteiger partial charge >= 0.3 is 6.09 Å². The van der Waals surface area contributed by atoms with Crippen molar-refractivity contribution in [2.45, 2.75) is 26.2 Å². The van der Waals surface area contributed by atoms with Gasteiger partial charge in [0, 0.05) is 18.5 Å². The first kappa shape index (κ1) is 10.2. The molecule has 1 fully saturated rings. The maximum absolute atomic E-state index is 11.8. The number of carbonyl (C=O) groups is 2. The second-order valence-corrected chi connectivity index (χ2v) is 4.58. The van der Waals surface area contributed by atoms with Gasteiger partial charge in [-0.2, -0.15) is 0 Å². The number of likely N-dealkylation sites (tertiary alicyclic amines) is 1. The summed E-state index contributed by atoms with van der Waals surface area (Å²) in [5.74, 6) is 0.199. The van der Waals surface area contributed by atoms with Crippen molar-refractivity contribution in [3.63, 3.8) is 0 Å². The Labute approximate surface area is 88.6 Å². The molecule has 0 atom stereocenters. The highest BCUT2D eigenvalue weighted by atomic mass is 16.4. The molecule has 82 valence electrons. The molecule has 4 heteroatoms. The predicted octanol–water partition coefficient (Wildman–Crippen LogP) is 1.67. The summed E-state index contributed by atoms with van der Waals surface area (Å²) in [5, 5.41) is 8.82. The quantitative estimate of drug-likeness (QED) is 0.660. The maximum Gasteiger partial charge on any atom is 0.407 e. The van der Waals surface area contributed by atoms with Gasteiger partial charge in [0.2, 0.25) is 0 Å². The Bertz CT molecular complexity index is 338. The summed E-state index contributed by atoms with van der Waals surface area (Å²) in [5.41, 5.74) is 0.861. The highest BCUT2D eigenvalue weighted by molar-refractivity contribution is 5.98. The van der Waals surface area contributed by atoms with Crippen LogP contribution in [0.3, 0.4) is 0 Å². The summed E-state index contributed by atoms with van der Waals surface area (Å²) in [6.07, 6.45) is 3.01. The summed E-state index contributed by atoms with van der Waals surface area (Å²) in [4.78, 5) is 23.9. The van der Waals surface area contributed by atoms with E-state index in [0.717, 1.165) is 12.0 Å². The van der Waals surface area contributed by atoms with E-state index < -0.39 is 6.09 Å². The third-order valence-electron chi connectivity index (χ3n) is 3.51. The van der Waals surface area contributed by atoms with Gasteiger partial charge in [0.15, 0.2) is 5.78 Å². The minimum absolute atomic E-state index is 0.199. The van der Waals surface area contributed by atoms with Crippen molar-refractivity contribution in [3.05, 3.63) is 11.6 Å². The number of rotatable bonds is 0. The molecule has 4 nitrogen and oxygen atoms in total. The van der Waals surface area contributed by atoms with Gasteiger partial charge in [-0.05, 0) is 32.3 Å². The van der Waals surface area contributed by atoms with Gasteiger partial charge in [0.1, 0.15) is 0 Å². The molecule has 0 aromatic heterocycles. The van der Waals surface area contributed by atoms with Crippen LogP contribution in [0.15, 0.2) is 11.6 Å². The lowest BCUT2D eigenvalue weighted by molar-refractivity contribution is -0.125. The molecule has 0 aromatic carbocycles. The van der Waals surface area contributed by atoms with Crippen molar-refractivity contribution in [1.29, 1.82) is 0 Å². The number of hydrogen-bond acceptors (Lipinski definition) is 2. The summed E-state index contributed by atoms with van der Waals surface area (Å²) in [6.45, 7) is 2.95. The smallest absolute Gasteiger partial charge is 0.407 e. The zero-order chi connectivity index (χ0) is 11.1. The average Bonchev–Trinajstić information content (AvgIpc) is 2.42. The van der Waals surface area contributed by atoms with Gasteiger partial charge in [0.25, 0.3) is 0 Å². The Morgan fingerprint density at radius 3 is 2.47 bits per heavy atom. The van der Waals surface area contributed by atoms with Crippen molar-refractivity contribution >= 4 is 11.9 Å². The Hall–Kier alpha value is -1.32. The maximum atomic E-state index is 11.8. The van der Waals surface area contributed by atoms with Crippen molar-refractivity contribution < 1.29 is 14.7 Å². The van der Waals surface area contributed by atoms with E-state index in [1.165, 1.54) is 4.90 Å². The largest absolute Gasteiger partial charge is 0.465 e. The molecule has 1 N–H and O–H groups in total. The minimum Gasteiger partial charge on any atom is -0.465 e. The van der Waals surface area contributed by atoms with E-state index in [1.54, 1.807) is 6.08 Å². The van der Waals surface area contributed by atoms with E-state index in [-0.39, 0.29) is 11.2 Å². The fourth-order valence-corrected chi connectivity index (χ4v) is 2.60. The molecule has 0 aromatic rings. The van der Waals surface area contributed by atoms with Gasteiger partial charge in [-0.15, -0.1) is 0 Å². The second kappa shape index (κ2) is 3.36. The van der Waals surface area contributed by atoms with Gasteiger partial charge in [-0.1, -0.05) is 5.57 Å². The van der Waals surface area contributed by atoms with E-state index in [1.807, 2.05) is 6.92 Å². The molecule has 0 unspecified atom stereocenters. The third kappa shape index (κ3) is 1.64. The van der Waals surface area contributed by atoms with Gasteiger partial charge in [-0.3, -0.25) is 4.79 Å². The average molecular weight is 209 g/mol. The van der Waals surface area contributed by atoms with Gasteiger partial charge in [0.05, 0.1) is 0 Å². The number of nitrogens with zero attached hydrogens (tertiary/aromatic N) is 1. The Morgan fingerprint density at radius 1 is 1.47 bits per heavy atom. The summed E-state index contributed by atoms with van der Waals surface area (Å²) in [7, 11) is 0. The number of ketones is 1. The highest BCUT2D eigenvalue weighted by Crippen LogP contribution is 2.43. The number of amides is 1. The number of piperidine rings is 1. The lowest BCUT2D eigenvalue weighted by atomic mass is 9.75. The first-order chi connectivity index (χ1) is 7.03. The molecule has 1 spiro atoms. The van der Waals surface area contributed by atoms with Crippen LogP contribution in [0.4, 0.5) is 4.79 Å². The molecule has 1 amide bonds. The van der Waals surface area contributed by atoms with Crippen LogP contribution in [0, 0.1) is 5.41 Å². The van der Waals surface area contributed by atoms with Crippen LogP contribution in [0.25, 0.3) is 0 Å². The summed E-state index contributed by atoms with van der Waals surface area (Å²) < 4.78 is 0. The van der Waals surface area contributed by atoms with E-state index in [4.69, 9.17) is 5.11 Å². The van der Waals surface area contributed by atoms with Crippen LogP contribution >= 0.6 is 0 Å². The summed E-state index contributed by atoms with van der Waals surface area (Å²) >= 11 is 0. The Balaban J connectivity index is 2.05. The number of carboxylic acid groups (broad SMARTS) is 1. The fourth-order valence-electron chi connectivity index (χ4n) is 2.60. The molecular formula is C11H15NO3. The van der Waals surface area contributed by atoms with E-state index >= 15 is 0 Å². The van der Waals surface area contributed by atoms with Crippen molar-refractivity contribution in [2.75, 3.05) is 13.1 Å². The Kier molecular flexibility index (Phi) is 2.29. The van der Waals surface area contributed by atoms with Crippen LogP contribution in [0.5, 0.6) is 0 Å². The molecule has 1 saturated heterocycles. The van der Waals surface area contributed by atoms with Crippen molar-refractivity contribution in [3.8, 4) is 0 Å². The molecule has 1 aliphatic heterocycles. The predicted molar refractivity (Wildman–Crippen MR) is 54.6 cm³/mol. The molecule has 0 saturated carbocycles. The van der Waals surface area contributed by atoms with E-state index in [2.05, 4.69) is 0 Å². The van der Waals surface area contributed by atoms with Crippen LogP contribution < -0.4 is 0 Å². The number of hydrogen-bond donors (Lipinski definition) is 1. The van der Waals surface area contributed by atoms with E-state index in [9.17, 15) is 9.59 Å². The molecule has 0 radical (unpaired) electrons. The molecular weight excluding hydrogens is 194 g/mol. The molecule has 1 aliphatic carbocycles. The van der Waals surface area contributed by atoms with Gasteiger partial charge < -0.3 is 10.0 Å². The fraction of sp³-hybridized carbons (Fsp3) is 0.636.